The number of nitrogens with one attached hydrogen (secondary N) is 2. The number of carbonyl (C=O) groups is 2. The van der Waals surface area contributed by atoms with Crippen molar-refractivity contribution in [1.29, 1.82) is 0 Å². The predicted molar refractivity (Wildman–Crippen MR) is 100 cm³/mol. The van der Waals surface area contributed by atoms with E-state index in [0.29, 0.717) is 18.5 Å². The highest BCUT2D eigenvalue weighted by Gasteiger charge is 2.45. The third-order valence-corrected chi connectivity index (χ3v) is 6.03. The number of anilines is 1. The van der Waals surface area contributed by atoms with Gasteiger partial charge in [0, 0.05) is 11.3 Å². The number of aliphatic carboxylic acids is 1. The molecule has 0 atom stereocenters. The van der Waals surface area contributed by atoms with Gasteiger partial charge in [0.2, 0.25) is 0 Å². The van der Waals surface area contributed by atoms with Gasteiger partial charge in [-0.3, -0.25) is 9.52 Å². The standard InChI is InChI=1S/C19H20N2O5S/c1-13-5-2-7-15(11-13)21-27(25,26)16-8-3-6-14(12-16)17(22)20-19(18(23)24)9-4-10-19/h2-3,5-8,11-12,21H,4,9-10H2,1H3,(H,20,22)(H,23,24). The molecule has 0 heterocycles. The van der Waals surface area contributed by atoms with Crippen molar-refractivity contribution in [2.45, 2.75) is 36.6 Å². The molecule has 8 heteroatoms. The summed E-state index contributed by atoms with van der Waals surface area (Å²) >= 11 is 0. The molecule has 3 rings (SSSR count). The Morgan fingerprint density at radius 3 is 2.37 bits per heavy atom. The molecule has 1 aliphatic carbocycles. The Balaban J connectivity index is 1.82. The van der Waals surface area contributed by atoms with E-state index in [-0.39, 0.29) is 10.5 Å². The lowest BCUT2D eigenvalue weighted by Crippen LogP contribution is -2.59. The van der Waals surface area contributed by atoms with Gasteiger partial charge in [0.15, 0.2) is 0 Å². The van der Waals surface area contributed by atoms with Crippen molar-refractivity contribution in [3.05, 3.63) is 59.7 Å². The van der Waals surface area contributed by atoms with Gasteiger partial charge >= 0.3 is 5.97 Å². The summed E-state index contributed by atoms with van der Waals surface area (Å²) in [6.45, 7) is 1.85. The summed E-state index contributed by atoms with van der Waals surface area (Å²) in [5.41, 5.74) is 0.160. The zero-order chi connectivity index (χ0) is 19.7. The maximum absolute atomic E-state index is 12.6. The number of hydrogen-bond donors (Lipinski definition) is 3. The van der Waals surface area contributed by atoms with Crippen molar-refractivity contribution >= 4 is 27.6 Å². The summed E-state index contributed by atoms with van der Waals surface area (Å²) in [5, 5.41) is 11.9. The second-order valence-electron chi connectivity index (χ2n) is 6.70. The Morgan fingerprint density at radius 1 is 1.07 bits per heavy atom. The van der Waals surface area contributed by atoms with E-state index in [9.17, 15) is 23.1 Å². The smallest absolute Gasteiger partial charge is 0.329 e. The number of amides is 1. The molecule has 0 spiro atoms. The highest BCUT2D eigenvalue weighted by molar-refractivity contribution is 7.92. The molecule has 0 unspecified atom stereocenters. The number of rotatable bonds is 6. The number of carboxylic acid groups (broad SMARTS) is 1. The number of sulfonamides is 1. The summed E-state index contributed by atoms with van der Waals surface area (Å²) in [6, 6.07) is 12.4. The van der Waals surface area contributed by atoms with Crippen LogP contribution in [-0.4, -0.2) is 30.9 Å². The van der Waals surface area contributed by atoms with Crippen LogP contribution in [0.1, 0.15) is 35.2 Å². The minimum atomic E-state index is -3.88. The number of hydrogen-bond acceptors (Lipinski definition) is 4. The average molecular weight is 388 g/mol. The fourth-order valence-electron chi connectivity index (χ4n) is 2.94. The third kappa shape index (κ3) is 3.95. The first kappa shape index (κ1) is 18.9. The van der Waals surface area contributed by atoms with Crippen molar-refractivity contribution in [1.82, 2.24) is 5.32 Å². The zero-order valence-electron chi connectivity index (χ0n) is 14.7. The summed E-state index contributed by atoms with van der Waals surface area (Å²) in [7, 11) is -3.88. The minimum absolute atomic E-state index is 0.0744. The summed E-state index contributed by atoms with van der Waals surface area (Å²) in [4.78, 5) is 23.8. The molecule has 27 heavy (non-hydrogen) atoms. The van der Waals surface area contributed by atoms with Gasteiger partial charge in [0.1, 0.15) is 5.54 Å². The highest BCUT2D eigenvalue weighted by atomic mass is 32.2. The van der Waals surface area contributed by atoms with Crippen molar-refractivity contribution in [2.75, 3.05) is 4.72 Å². The van der Waals surface area contributed by atoms with Crippen LogP contribution in [0.5, 0.6) is 0 Å². The molecule has 2 aromatic carbocycles. The van der Waals surface area contributed by atoms with Gasteiger partial charge < -0.3 is 10.4 Å². The molecule has 0 aromatic heterocycles. The molecule has 0 aliphatic heterocycles. The molecule has 0 radical (unpaired) electrons. The monoisotopic (exact) mass is 388 g/mol. The number of carboxylic acids is 1. The second kappa shape index (κ2) is 7.03. The van der Waals surface area contributed by atoms with Crippen LogP contribution in [-0.2, 0) is 14.8 Å². The zero-order valence-corrected chi connectivity index (χ0v) is 15.5. The first-order valence-corrected chi connectivity index (χ1v) is 9.96. The Hall–Kier alpha value is -2.87. The van der Waals surface area contributed by atoms with Gasteiger partial charge in [-0.2, -0.15) is 0 Å². The molecule has 1 aliphatic rings. The Labute approximate surface area is 157 Å². The van der Waals surface area contributed by atoms with Crippen molar-refractivity contribution < 1.29 is 23.1 Å². The lowest BCUT2D eigenvalue weighted by molar-refractivity contribution is -0.148. The van der Waals surface area contributed by atoms with E-state index in [1.807, 2.05) is 13.0 Å². The highest BCUT2D eigenvalue weighted by Crippen LogP contribution is 2.32. The molecule has 1 fully saturated rings. The van der Waals surface area contributed by atoms with Crippen LogP contribution in [0.25, 0.3) is 0 Å². The largest absolute Gasteiger partial charge is 0.480 e. The minimum Gasteiger partial charge on any atom is -0.480 e. The van der Waals surface area contributed by atoms with E-state index in [1.54, 1.807) is 18.2 Å². The van der Waals surface area contributed by atoms with E-state index >= 15 is 0 Å². The van der Waals surface area contributed by atoms with Crippen LogP contribution in [0, 0.1) is 6.92 Å². The van der Waals surface area contributed by atoms with E-state index in [2.05, 4.69) is 10.0 Å². The number of carbonyl (C=O) groups excluding carboxylic acids is 1. The van der Waals surface area contributed by atoms with Crippen LogP contribution < -0.4 is 10.0 Å². The van der Waals surface area contributed by atoms with Gasteiger partial charge in [0.05, 0.1) is 4.90 Å². The van der Waals surface area contributed by atoms with E-state index in [0.717, 1.165) is 12.0 Å². The topological polar surface area (TPSA) is 113 Å². The fraction of sp³-hybridized carbons (Fsp3) is 0.263. The van der Waals surface area contributed by atoms with E-state index in [4.69, 9.17) is 0 Å². The summed E-state index contributed by atoms with van der Waals surface area (Å²) < 4.78 is 27.7. The van der Waals surface area contributed by atoms with Crippen LogP contribution in [0.4, 0.5) is 5.69 Å². The molecule has 142 valence electrons. The van der Waals surface area contributed by atoms with Crippen molar-refractivity contribution in [3.63, 3.8) is 0 Å². The maximum atomic E-state index is 12.6. The van der Waals surface area contributed by atoms with Crippen molar-refractivity contribution in [3.8, 4) is 0 Å². The summed E-state index contributed by atoms with van der Waals surface area (Å²) in [6.07, 6.45) is 1.45. The van der Waals surface area contributed by atoms with Gasteiger partial charge in [0.25, 0.3) is 15.9 Å². The molecule has 2 aromatic rings. The van der Waals surface area contributed by atoms with Gasteiger partial charge in [-0.1, -0.05) is 18.2 Å². The first-order valence-electron chi connectivity index (χ1n) is 8.47. The second-order valence-corrected chi connectivity index (χ2v) is 8.38. The molecular weight excluding hydrogens is 368 g/mol. The quantitative estimate of drug-likeness (QED) is 0.704. The lowest BCUT2D eigenvalue weighted by atomic mass is 9.76. The van der Waals surface area contributed by atoms with Crippen LogP contribution in [0.3, 0.4) is 0 Å². The molecule has 1 saturated carbocycles. The van der Waals surface area contributed by atoms with Crippen LogP contribution in [0.2, 0.25) is 0 Å². The number of benzene rings is 2. The third-order valence-electron chi connectivity index (χ3n) is 4.65. The van der Waals surface area contributed by atoms with Crippen LogP contribution in [0.15, 0.2) is 53.4 Å². The van der Waals surface area contributed by atoms with Gasteiger partial charge in [-0.15, -0.1) is 0 Å². The van der Waals surface area contributed by atoms with E-state index in [1.165, 1.54) is 24.3 Å². The van der Waals surface area contributed by atoms with Gasteiger partial charge in [-0.05, 0) is 62.1 Å². The van der Waals surface area contributed by atoms with Crippen molar-refractivity contribution in [2.24, 2.45) is 0 Å². The molecule has 0 bridgehead atoms. The van der Waals surface area contributed by atoms with Gasteiger partial charge in [-0.25, -0.2) is 13.2 Å². The fourth-order valence-corrected chi connectivity index (χ4v) is 4.03. The maximum Gasteiger partial charge on any atom is 0.329 e. The molecule has 7 nitrogen and oxygen atoms in total. The molecule has 3 N–H and O–H groups in total. The SMILES string of the molecule is Cc1cccc(NS(=O)(=O)c2cccc(C(=O)NC3(C(=O)O)CCC3)c2)c1. The predicted octanol–water partition coefficient (Wildman–Crippen LogP) is 2.53. The summed E-state index contributed by atoms with van der Waals surface area (Å²) in [5.74, 6) is -1.68. The average Bonchev–Trinajstić information content (AvgIpc) is 2.57. The number of aryl methyl sites for hydroxylation is 1. The lowest BCUT2D eigenvalue weighted by Gasteiger charge is -2.38. The normalized spacial score (nSPS) is 15.4. The Kier molecular flexibility index (Phi) is 4.93. The molecule has 1 amide bonds. The Bertz CT molecular complexity index is 997. The molecular formula is C19H20N2O5S. The Morgan fingerprint density at radius 2 is 1.78 bits per heavy atom. The van der Waals surface area contributed by atoms with Crippen LogP contribution >= 0.6 is 0 Å². The van der Waals surface area contributed by atoms with E-state index < -0.39 is 27.4 Å². The first-order chi connectivity index (χ1) is 12.7. The molecule has 0 saturated heterocycles.